The first kappa shape index (κ1) is 14.4. The van der Waals surface area contributed by atoms with Crippen LogP contribution in [-0.2, 0) is 15.9 Å². The molecule has 0 atom stereocenters. The van der Waals surface area contributed by atoms with Crippen LogP contribution in [0.3, 0.4) is 0 Å². The molecule has 2 amide bonds. The van der Waals surface area contributed by atoms with Crippen molar-refractivity contribution in [3.8, 4) is 0 Å². The van der Waals surface area contributed by atoms with E-state index in [0.717, 1.165) is 16.7 Å². The van der Waals surface area contributed by atoms with Crippen LogP contribution in [0.15, 0.2) is 18.2 Å². The number of benzene rings is 1. The second-order valence-corrected chi connectivity index (χ2v) is 6.79. The predicted octanol–water partition coefficient (Wildman–Crippen LogP) is 1.96. The molecule has 0 unspecified atom stereocenters. The Morgan fingerprint density at radius 3 is 2.43 bits per heavy atom. The number of nitrogens with zero attached hydrogens (tertiary/aromatic N) is 1. The van der Waals surface area contributed by atoms with Gasteiger partial charge in [0, 0.05) is 19.3 Å². The van der Waals surface area contributed by atoms with Crippen LogP contribution in [0.2, 0.25) is 0 Å². The monoisotopic (exact) mass is 288 g/mol. The van der Waals surface area contributed by atoms with Crippen LogP contribution in [0.25, 0.3) is 0 Å². The van der Waals surface area contributed by atoms with Gasteiger partial charge in [-0.15, -0.1) is 0 Å². The fourth-order valence-electron chi connectivity index (χ4n) is 2.51. The SMILES string of the molecule is CN1Cc2ccc(B3OC(C)(C)C(C)(C)O3)cc2NC1=O. The molecule has 0 aliphatic carbocycles. The van der Waals surface area contributed by atoms with Gasteiger partial charge in [0.05, 0.1) is 11.2 Å². The van der Waals surface area contributed by atoms with Gasteiger partial charge in [0.2, 0.25) is 0 Å². The molecule has 0 bridgehead atoms. The van der Waals surface area contributed by atoms with Crippen LogP contribution in [0.4, 0.5) is 10.5 Å². The lowest BCUT2D eigenvalue weighted by molar-refractivity contribution is 0.00578. The van der Waals surface area contributed by atoms with Crippen molar-refractivity contribution in [1.29, 1.82) is 0 Å². The number of anilines is 1. The highest BCUT2D eigenvalue weighted by Crippen LogP contribution is 2.36. The number of urea groups is 1. The number of rotatable bonds is 1. The quantitative estimate of drug-likeness (QED) is 0.804. The average molecular weight is 288 g/mol. The lowest BCUT2D eigenvalue weighted by atomic mass is 9.78. The molecule has 2 aliphatic heterocycles. The summed E-state index contributed by atoms with van der Waals surface area (Å²) in [6.45, 7) is 8.74. The zero-order valence-corrected chi connectivity index (χ0v) is 13.2. The molecular weight excluding hydrogens is 267 g/mol. The van der Waals surface area contributed by atoms with Gasteiger partial charge in [-0.3, -0.25) is 0 Å². The standard InChI is InChI=1S/C15H21BN2O3/c1-14(2)15(3,4)21-16(20-14)11-7-6-10-9-18(5)13(19)17-12(10)8-11/h6-8H,9H2,1-5H3,(H,17,19). The van der Waals surface area contributed by atoms with Crippen molar-refractivity contribution in [3.63, 3.8) is 0 Å². The molecule has 6 heteroatoms. The summed E-state index contributed by atoms with van der Waals surface area (Å²) in [5, 5.41) is 2.89. The first-order chi connectivity index (χ1) is 9.69. The van der Waals surface area contributed by atoms with E-state index in [-0.39, 0.29) is 17.2 Å². The molecule has 3 rings (SSSR count). The average Bonchev–Trinajstić information content (AvgIpc) is 2.59. The van der Waals surface area contributed by atoms with Gasteiger partial charge in [0.1, 0.15) is 0 Å². The summed E-state index contributed by atoms with van der Waals surface area (Å²) in [7, 11) is 1.37. The molecule has 1 aromatic carbocycles. The molecule has 0 aromatic heterocycles. The van der Waals surface area contributed by atoms with Crippen LogP contribution in [0.1, 0.15) is 33.3 Å². The molecule has 5 nitrogen and oxygen atoms in total. The van der Waals surface area contributed by atoms with Gasteiger partial charge in [-0.25, -0.2) is 4.79 Å². The number of carbonyl (C=O) groups is 1. The van der Waals surface area contributed by atoms with Gasteiger partial charge in [-0.2, -0.15) is 0 Å². The van der Waals surface area contributed by atoms with Gasteiger partial charge in [-0.05, 0) is 44.8 Å². The van der Waals surface area contributed by atoms with Crippen LogP contribution in [-0.4, -0.2) is 36.3 Å². The normalized spacial score (nSPS) is 23.0. The molecule has 1 saturated heterocycles. The van der Waals surface area contributed by atoms with Crippen molar-refractivity contribution in [2.75, 3.05) is 12.4 Å². The molecule has 2 heterocycles. The van der Waals surface area contributed by atoms with Gasteiger partial charge in [0.25, 0.3) is 0 Å². The van der Waals surface area contributed by atoms with E-state index in [4.69, 9.17) is 9.31 Å². The third-order valence-corrected chi connectivity index (χ3v) is 4.66. The van der Waals surface area contributed by atoms with Gasteiger partial charge in [-0.1, -0.05) is 12.1 Å². The molecule has 1 fully saturated rings. The van der Waals surface area contributed by atoms with Crippen LogP contribution < -0.4 is 10.8 Å². The number of hydrogen-bond acceptors (Lipinski definition) is 3. The molecule has 0 spiro atoms. The third-order valence-electron chi connectivity index (χ3n) is 4.66. The highest BCUT2D eigenvalue weighted by Gasteiger charge is 2.51. The minimum Gasteiger partial charge on any atom is -0.399 e. The summed E-state index contributed by atoms with van der Waals surface area (Å²) in [6.07, 6.45) is 0. The molecule has 21 heavy (non-hydrogen) atoms. The van der Waals surface area contributed by atoms with Crippen LogP contribution >= 0.6 is 0 Å². The minimum absolute atomic E-state index is 0.0893. The summed E-state index contributed by atoms with van der Waals surface area (Å²) < 4.78 is 12.1. The molecule has 0 radical (unpaired) electrons. The molecule has 112 valence electrons. The van der Waals surface area contributed by atoms with E-state index in [1.807, 2.05) is 45.9 Å². The smallest absolute Gasteiger partial charge is 0.399 e. The predicted molar refractivity (Wildman–Crippen MR) is 82.6 cm³/mol. The third kappa shape index (κ3) is 2.32. The van der Waals surface area contributed by atoms with Gasteiger partial charge in [0.15, 0.2) is 0 Å². The van der Waals surface area contributed by atoms with Crippen LogP contribution in [0, 0.1) is 0 Å². The molecule has 2 aliphatic rings. The second-order valence-electron chi connectivity index (χ2n) is 6.79. The van der Waals surface area contributed by atoms with Gasteiger partial charge >= 0.3 is 13.1 Å². The zero-order valence-electron chi connectivity index (χ0n) is 13.2. The summed E-state index contributed by atoms with van der Waals surface area (Å²) in [5.74, 6) is 0. The largest absolute Gasteiger partial charge is 0.494 e. The Labute approximate surface area is 125 Å². The van der Waals surface area contributed by atoms with E-state index in [1.165, 1.54) is 0 Å². The number of fused-ring (bicyclic) bond motifs is 1. The Kier molecular flexibility index (Phi) is 3.08. The van der Waals surface area contributed by atoms with E-state index in [0.29, 0.717) is 6.54 Å². The number of nitrogens with one attached hydrogen (secondary N) is 1. The highest BCUT2D eigenvalue weighted by molar-refractivity contribution is 6.62. The molecular formula is C15H21BN2O3. The van der Waals surface area contributed by atoms with Crippen molar-refractivity contribution in [1.82, 2.24) is 4.90 Å². The van der Waals surface area contributed by atoms with E-state index in [1.54, 1.807) is 11.9 Å². The highest BCUT2D eigenvalue weighted by atomic mass is 16.7. The first-order valence-corrected chi connectivity index (χ1v) is 7.20. The fourth-order valence-corrected chi connectivity index (χ4v) is 2.51. The molecule has 0 saturated carbocycles. The summed E-state index contributed by atoms with van der Waals surface area (Å²) in [6, 6.07) is 5.88. The summed E-state index contributed by atoms with van der Waals surface area (Å²) in [5.41, 5.74) is 2.13. The van der Waals surface area contributed by atoms with Crippen molar-refractivity contribution >= 4 is 24.3 Å². The maximum Gasteiger partial charge on any atom is 0.494 e. The molecule has 1 aromatic rings. The first-order valence-electron chi connectivity index (χ1n) is 7.20. The van der Waals surface area contributed by atoms with Crippen molar-refractivity contribution < 1.29 is 14.1 Å². The minimum atomic E-state index is -0.406. The maximum atomic E-state index is 11.7. The van der Waals surface area contributed by atoms with Crippen LogP contribution in [0.5, 0.6) is 0 Å². The second kappa shape index (κ2) is 4.48. The lowest BCUT2D eigenvalue weighted by Crippen LogP contribution is -2.41. The summed E-state index contributed by atoms with van der Waals surface area (Å²) in [4.78, 5) is 13.4. The maximum absolute atomic E-state index is 11.7. The Morgan fingerprint density at radius 2 is 1.81 bits per heavy atom. The van der Waals surface area contributed by atoms with E-state index in [9.17, 15) is 4.79 Å². The van der Waals surface area contributed by atoms with Crippen molar-refractivity contribution in [2.45, 2.75) is 45.4 Å². The number of hydrogen-bond donors (Lipinski definition) is 1. The Morgan fingerprint density at radius 1 is 1.19 bits per heavy atom. The van der Waals surface area contributed by atoms with Gasteiger partial charge < -0.3 is 19.5 Å². The Bertz CT molecular complexity index is 585. The topological polar surface area (TPSA) is 50.8 Å². The summed E-state index contributed by atoms with van der Waals surface area (Å²) >= 11 is 0. The Hall–Kier alpha value is -1.53. The van der Waals surface area contributed by atoms with E-state index < -0.39 is 7.12 Å². The van der Waals surface area contributed by atoms with E-state index >= 15 is 0 Å². The van der Waals surface area contributed by atoms with Crippen molar-refractivity contribution in [2.24, 2.45) is 0 Å². The van der Waals surface area contributed by atoms with Crippen molar-refractivity contribution in [3.05, 3.63) is 23.8 Å². The lowest BCUT2D eigenvalue weighted by Gasteiger charge is -2.32. The fraction of sp³-hybridized carbons (Fsp3) is 0.533. The van der Waals surface area contributed by atoms with E-state index in [2.05, 4.69) is 5.32 Å². The zero-order chi connectivity index (χ0) is 15.4. The number of carbonyl (C=O) groups excluding carboxylic acids is 1. The molecule has 1 N–H and O–H groups in total. The Balaban J connectivity index is 1.89. The number of amides is 2.